The van der Waals surface area contributed by atoms with Crippen LogP contribution in [-0.2, 0) is 11.3 Å². The Morgan fingerprint density at radius 3 is 2.62 bits per heavy atom. The number of aliphatic imine (C=N–C) groups is 1. The summed E-state index contributed by atoms with van der Waals surface area (Å²) in [6.45, 7) is 0.629. The van der Waals surface area contributed by atoms with Gasteiger partial charge in [0.15, 0.2) is 5.17 Å². The topological polar surface area (TPSA) is 55.6 Å². The van der Waals surface area contributed by atoms with E-state index in [0.717, 1.165) is 33.5 Å². The monoisotopic (exact) mass is 507 g/mol. The molecule has 0 radical (unpaired) electrons. The van der Waals surface area contributed by atoms with Crippen LogP contribution in [0, 0.1) is 0 Å². The second-order valence-electron chi connectivity index (χ2n) is 7.66. The molecule has 0 bridgehead atoms. The first kappa shape index (κ1) is 22.6. The molecule has 4 aromatic rings. The van der Waals surface area contributed by atoms with Crippen LogP contribution in [0.4, 0.5) is 5.69 Å². The number of benzene rings is 3. The Hall–Kier alpha value is -3.19. The Labute approximate surface area is 211 Å². The molecule has 2 heterocycles. The summed E-state index contributed by atoms with van der Waals surface area (Å²) in [6.07, 6.45) is 3.96. The lowest BCUT2D eigenvalue weighted by Gasteiger charge is -2.06. The van der Waals surface area contributed by atoms with Crippen molar-refractivity contribution in [2.45, 2.75) is 6.54 Å². The molecule has 5 nitrogen and oxygen atoms in total. The fourth-order valence-electron chi connectivity index (χ4n) is 3.75. The minimum Gasteiger partial charge on any atom is -0.497 e. The van der Waals surface area contributed by atoms with Gasteiger partial charge in [0.2, 0.25) is 0 Å². The number of carbonyl (C=O) groups excluding carboxylic acids is 1. The number of aromatic nitrogens is 1. The van der Waals surface area contributed by atoms with Gasteiger partial charge in [-0.1, -0.05) is 47.5 Å². The predicted molar refractivity (Wildman–Crippen MR) is 141 cm³/mol. The second-order valence-corrected chi connectivity index (χ2v) is 9.50. The van der Waals surface area contributed by atoms with Crippen molar-refractivity contribution in [3.63, 3.8) is 0 Å². The molecule has 8 heteroatoms. The molecular formula is C26H19Cl2N3O2S. The van der Waals surface area contributed by atoms with Crippen LogP contribution in [0.1, 0.15) is 11.1 Å². The first-order valence-electron chi connectivity index (χ1n) is 10.5. The van der Waals surface area contributed by atoms with Crippen molar-refractivity contribution < 1.29 is 9.53 Å². The van der Waals surface area contributed by atoms with E-state index < -0.39 is 0 Å². The zero-order valence-corrected chi connectivity index (χ0v) is 20.4. The van der Waals surface area contributed by atoms with E-state index in [9.17, 15) is 4.79 Å². The molecule has 3 aromatic carbocycles. The third-order valence-electron chi connectivity index (χ3n) is 5.40. The summed E-state index contributed by atoms with van der Waals surface area (Å²) in [5.74, 6) is 0.587. The maximum absolute atomic E-state index is 12.6. The molecular weight excluding hydrogens is 489 g/mol. The summed E-state index contributed by atoms with van der Waals surface area (Å²) >= 11 is 13.6. The van der Waals surface area contributed by atoms with Crippen molar-refractivity contribution in [1.29, 1.82) is 0 Å². The van der Waals surface area contributed by atoms with E-state index >= 15 is 0 Å². The highest BCUT2D eigenvalue weighted by molar-refractivity contribution is 8.18. The molecule has 34 heavy (non-hydrogen) atoms. The summed E-state index contributed by atoms with van der Waals surface area (Å²) in [7, 11) is 1.62. The van der Waals surface area contributed by atoms with Crippen LogP contribution >= 0.6 is 35.0 Å². The molecule has 1 amide bonds. The Balaban J connectivity index is 1.44. The minimum atomic E-state index is -0.168. The van der Waals surface area contributed by atoms with Crippen molar-refractivity contribution >= 4 is 68.7 Å². The average Bonchev–Trinajstić information content (AvgIpc) is 3.36. The van der Waals surface area contributed by atoms with Crippen LogP contribution in [0.5, 0.6) is 5.75 Å². The zero-order chi connectivity index (χ0) is 23.7. The number of halogens is 2. The molecule has 1 N–H and O–H groups in total. The van der Waals surface area contributed by atoms with E-state index in [2.05, 4.69) is 27.0 Å². The Kier molecular flexibility index (Phi) is 6.37. The lowest BCUT2D eigenvalue weighted by molar-refractivity contribution is -0.115. The van der Waals surface area contributed by atoms with Gasteiger partial charge in [-0.2, -0.15) is 0 Å². The summed E-state index contributed by atoms with van der Waals surface area (Å²) in [6, 6.07) is 21.1. The van der Waals surface area contributed by atoms with E-state index in [1.165, 1.54) is 11.8 Å². The molecule has 0 saturated carbocycles. The highest BCUT2D eigenvalue weighted by atomic mass is 35.5. The number of nitrogens with one attached hydrogen (secondary N) is 1. The molecule has 5 rings (SSSR count). The molecule has 1 aliphatic heterocycles. The highest BCUT2D eigenvalue weighted by Crippen LogP contribution is 2.32. The summed E-state index contributed by atoms with van der Waals surface area (Å²) < 4.78 is 7.32. The van der Waals surface area contributed by atoms with Crippen LogP contribution in [-0.4, -0.2) is 22.8 Å². The van der Waals surface area contributed by atoms with Gasteiger partial charge in [-0.3, -0.25) is 4.79 Å². The number of hydrogen-bond donors (Lipinski definition) is 1. The number of nitrogens with zero attached hydrogens (tertiary/aromatic N) is 2. The van der Waals surface area contributed by atoms with Crippen molar-refractivity contribution in [1.82, 2.24) is 9.88 Å². The summed E-state index contributed by atoms with van der Waals surface area (Å²) in [4.78, 5) is 17.8. The zero-order valence-electron chi connectivity index (χ0n) is 18.1. The van der Waals surface area contributed by atoms with Crippen molar-refractivity contribution in [2.24, 2.45) is 4.99 Å². The van der Waals surface area contributed by atoms with Gasteiger partial charge < -0.3 is 14.6 Å². The molecule has 0 spiro atoms. The lowest BCUT2D eigenvalue weighted by Crippen LogP contribution is -2.19. The molecule has 0 atom stereocenters. The molecule has 1 saturated heterocycles. The number of ether oxygens (including phenoxy) is 1. The fourth-order valence-corrected chi connectivity index (χ4v) is 4.90. The third kappa shape index (κ3) is 4.71. The molecule has 1 fully saturated rings. The number of amidine groups is 1. The first-order valence-corrected chi connectivity index (χ1v) is 12.0. The van der Waals surface area contributed by atoms with Gasteiger partial charge in [-0.15, -0.1) is 0 Å². The van der Waals surface area contributed by atoms with Crippen LogP contribution in [0.2, 0.25) is 10.0 Å². The number of amides is 1. The molecule has 0 aliphatic carbocycles. The van der Waals surface area contributed by atoms with Gasteiger partial charge >= 0.3 is 0 Å². The van der Waals surface area contributed by atoms with Crippen molar-refractivity contribution in [3.05, 3.63) is 99.0 Å². The van der Waals surface area contributed by atoms with Gasteiger partial charge in [0.05, 0.1) is 27.7 Å². The number of fused-ring (bicyclic) bond motifs is 1. The molecule has 1 aliphatic rings. The number of methoxy groups -OCH3 is 1. The number of carbonyl (C=O) groups is 1. The molecule has 170 valence electrons. The van der Waals surface area contributed by atoms with E-state index in [-0.39, 0.29) is 5.91 Å². The second kappa shape index (κ2) is 9.58. The van der Waals surface area contributed by atoms with Crippen LogP contribution in [0.3, 0.4) is 0 Å². The summed E-state index contributed by atoms with van der Waals surface area (Å²) in [5, 5.41) is 5.51. The smallest absolute Gasteiger partial charge is 0.264 e. The van der Waals surface area contributed by atoms with Crippen LogP contribution in [0.15, 0.2) is 82.8 Å². The lowest BCUT2D eigenvalue weighted by atomic mass is 10.1. The van der Waals surface area contributed by atoms with Gasteiger partial charge in [0.1, 0.15) is 5.75 Å². The third-order valence-corrected chi connectivity index (χ3v) is 7.05. The maximum atomic E-state index is 12.6. The largest absolute Gasteiger partial charge is 0.497 e. The standard InChI is InChI=1S/C26H19Cl2N3O2S/c1-33-19-9-7-18(8-10-19)29-26-30-25(32)24(34-26)13-17-15-31(23-5-3-2-4-20(17)23)14-16-6-11-21(27)22(28)12-16/h2-13,15H,14H2,1H3,(H,29,30,32)/b24-13-. The number of hydrogen-bond acceptors (Lipinski definition) is 4. The minimum absolute atomic E-state index is 0.168. The van der Waals surface area contributed by atoms with Crippen molar-refractivity contribution in [3.8, 4) is 5.75 Å². The van der Waals surface area contributed by atoms with Gasteiger partial charge in [0.25, 0.3) is 5.91 Å². The Bertz CT molecular complexity index is 1460. The quantitative estimate of drug-likeness (QED) is 0.299. The highest BCUT2D eigenvalue weighted by Gasteiger charge is 2.24. The van der Waals surface area contributed by atoms with Gasteiger partial charge in [0, 0.05) is 29.2 Å². The Morgan fingerprint density at radius 2 is 1.85 bits per heavy atom. The predicted octanol–water partition coefficient (Wildman–Crippen LogP) is 6.90. The fraction of sp³-hybridized carbons (Fsp3) is 0.0769. The van der Waals surface area contributed by atoms with E-state index in [0.29, 0.717) is 26.7 Å². The van der Waals surface area contributed by atoms with E-state index in [1.54, 1.807) is 13.2 Å². The van der Waals surface area contributed by atoms with Crippen molar-refractivity contribution in [2.75, 3.05) is 7.11 Å². The summed E-state index contributed by atoms with van der Waals surface area (Å²) in [5.41, 5.74) is 3.80. The van der Waals surface area contributed by atoms with E-state index in [4.69, 9.17) is 27.9 Å². The number of para-hydroxylation sites is 1. The number of rotatable bonds is 5. The van der Waals surface area contributed by atoms with Gasteiger partial charge in [-0.05, 0) is 65.9 Å². The first-order chi connectivity index (χ1) is 16.5. The maximum Gasteiger partial charge on any atom is 0.264 e. The normalized spacial score (nSPS) is 15.9. The van der Waals surface area contributed by atoms with Crippen LogP contribution < -0.4 is 10.1 Å². The average molecular weight is 508 g/mol. The van der Waals surface area contributed by atoms with Gasteiger partial charge in [-0.25, -0.2) is 4.99 Å². The molecule has 1 aromatic heterocycles. The molecule has 0 unspecified atom stereocenters. The number of thioether (sulfide) groups is 1. The Morgan fingerprint density at radius 1 is 1.06 bits per heavy atom. The SMILES string of the molecule is COc1ccc(N=C2NC(=O)/C(=C/c3cn(Cc4ccc(Cl)c(Cl)c4)c4ccccc34)S2)cc1. The van der Waals surface area contributed by atoms with E-state index in [1.807, 2.05) is 60.8 Å². The van der Waals surface area contributed by atoms with Crippen LogP contribution in [0.25, 0.3) is 17.0 Å².